The van der Waals surface area contributed by atoms with Gasteiger partial charge in [-0.15, -0.1) is 0 Å². The maximum atomic E-state index is 5.27. The Morgan fingerprint density at radius 2 is 2.06 bits per heavy atom. The predicted molar refractivity (Wildman–Crippen MR) is 69.8 cm³/mol. The summed E-state index contributed by atoms with van der Waals surface area (Å²) in [5, 5.41) is 0. The van der Waals surface area contributed by atoms with Gasteiger partial charge in [-0.1, -0.05) is 26.0 Å². The molecule has 0 saturated carbocycles. The third-order valence-corrected chi connectivity index (χ3v) is 2.96. The van der Waals surface area contributed by atoms with Gasteiger partial charge < -0.3 is 4.98 Å². The van der Waals surface area contributed by atoms with Crippen molar-refractivity contribution in [2.75, 3.05) is 0 Å². The van der Waals surface area contributed by atoms with Crippen LogP contribution in [0.4, 0.5) is 0 Å². The van der Waals surface area contributed by atoms with Crippen molar-refractivity contribution in [1.29, 1.82) is 0 Å². The van der Waals surface area contributed by atoms with E-state index in [-0.39, 0.29) is 0 Å². The number of hydrogen-bond acceptors (Lipinski definition) is 1. The standard InChI is InChI=1S/C13H16N2S/c1-9(2)11-5-4-6-12(7-11)15-8-10(3)14-13(15)16/h4-9H,1-3H3,(H,14,16). The Labute approximate surface area is 101 Å². The molecule has 0 unspecified atom stereocenters. The van der Waals surface area contributed by atoms with E-state index in [0.717, 1.165) is 16.2 Å². The average molecular weight is 232 g/mol. The van der Waals surface area contributed by atoms with Crippen LogP contribution in [0, 0.1) is 11.7 Å². The van der Waals surface area contributed by atoms with Crippen LogP contribution in [0.1, 0.15) is 31.0 Å². The molecule has 1 aromatic carbocycles. The van der Waals surface area contributed by atoms with Gasteiger partial charge in [-0.3, -0.25) is 4.57 Å². The maximum Gasteiger partial charge on any atom is 0.181 e. The molecule has 0 fully saturated rings. The highest BCUT2D eigenvalue weighted by molar-refractivity contribution is 7.71. The zero-order valence-electron chi connectivity index (χ0n) is 9.82. The van der Waals surface area contributed by atoms with Crippen molar-refractivity contribution in [3.05, 3.63) is 46.5 Å². The van der Waals surface area contributed by atoms with Crippen molar-refractivity contribution >= 4 is 12.2 Å². The van der Waals surface area contributed by atoms with Gasteiger partial charge in [0.2, 0.25) is 0 Å². The number of nitrogens with one attached hydrogen (secondary N) is 1. The van der Waals surface area contributed by atoms with Crippen LogP contribution < -0.4 is 0 Å². The first-order chi connectivity index (χ1) is 7.58. The summed E-state index contributed by atoms with van der Waals surface area (Å²) in [6.07, 6.45) is 2.03. The van der Waals surface area contributed by atoms with Crippen molar-refractivity contribution in [1.82, 2.24) is 9.55 Å². The number of H-pyrrole nitrogens is 1. The summed E-state index contributed by atoms with van der Waals surface area (Å²) in [6, 6.07) is 8.49. The number of hydrogen-bond donors (Lipinski definition) is 1. The Morgan fingerprint density at radius 3 is 2.62 bits per heavy atom. The highest BCUT2D eigenvalue weighted by atomic mass is 32.1. The summed E-state index contributed by atoms with van der Waals surface area (Å²) >= 11 is 5.27. The Kier molecular flexibility index (Phi) is 2.97. The van der Waals surface area contributed by atoms with Gasteiger partial charge >= 0.3 is 0 Å². The van der Waals surface area contributed by atoms with E-state index in [1.54, 1.807) is 0 Å². The van der Waals surface area contributed by atoms with Gasteiger partial charge in [0.05, 0.1) is 0 Å². The second-order valence-corrected chi connectivity index (χ2v) is 4.75. The van der Waals surface area contributed by atoms with Crippen molar-refractivity contribution in [2.45, 2.75) is 26.7 Å². The van der Waals surface area contributed by atoms with E-state index in [1.807, 2.05) is 17.7 Å². The lowest BCUT2D eigenvalue weighted by Crippen LogP contribution is -1.95. The molecule has 1 heterocycles. The van der Waals surface area contributed by atoms with E-state index < -0.39 is 0 Å². The summed E-state index contributed by atoms with van der Waals surface area (Å²) < 4.78 is 2.76. The molecule has 0 spiro atoms. The molecule has 2 rings (SSSR count). The molecular weight excluding hydrogens is 216 g/mol. The number of imidazole rings is 1. The van der Waals surface area contributed by atoms with E-state index in [1.165, 1.54) is 5.56 Å². The van der Waals surface area contributed by atoms with Crippen LogP contribution in [0.5, 0.6) is 0 Å². The van der Waals surface area contributed by atoms with Crippen LogP contribution in [-0.2, 0) is 0 Å². The minimum atomic E-state index is 0.536. The lowest BCUT2D eigenvalue weighted by atomic mass is 10.0. The van der Waals surface area contributed by atoms with E-state index >= 15 is 0 Å². The molecule has 0 amide bonds. The molecule has 0 aliphatic rings. The number of aromatic nitrogens is 2. The van der Waals surface area contributed by atoms with Crippen LogP contribution in [0.25, 0.3) is 5.69 Å². The van der Waals surface area contributed by atoms with E-state index in [9.17, 15) is 0 Å². The van der Waals surface area contributed by atoms with Crippen molar-refractivity contribution in [3.63, 3.8) is 0 Å². The first-order valence-electron chi connectivity index (χ1n) is 5.46. The lowest BCUT2D eigenvalue weighted by molar-refractivity contribution is 0.862. The molecule has 0 atom stereocenters. The van der Waals surface area contributed by atoms with Crippen LogP contribution in [0.3, 0.4) is 0 Å². The highest BCUT2D eigenvalue weighted by Gasteiger charge is 2.03. The topological polar surface area (TPSA) is 20.7 Å². The summed E-state index contributed by atoms with van der Waals surface area (Å²) in [6.45, 7) is 6.40. The van der Waals surface area contributed by atoms with Crippen LogP contribution in [-0.4, -0.2) is 9.55 Å². The number of benzene rings is 1. The minimum absolute atomic E-state index is 0.536. The lowest BCUT2D eigenvalue weighted by Gasteiger charge is -2.08. The fourth-order valence-electron chi connectivity index (χ4n) is 1.74. The van der Waals surface area contributed by atoms with Crippen molar-refractivity contribution < 1.29 is 0 Å². The SMILES string of the molecule is Cc1cn(-c2cccc(C(C)C)c2)c(=S)[nH]1. The summed E-state index contributed by atoms with van der Waals surface area (Å²) in [7, 11) is 0. The first kappa shape index (κ1) is 11.1. The highest BCUT2D eigenvalue weighted by Crippen LogP contribution is 2.18. The zero-order valence-corrected chi connectivity index (χ0v) is 10.6. The smallest absolute Gasteiger partial charge is 0.181 e. The fourth-order valence-corrected chi connectivity index (χ4v) is 2.06. The molecule has 3 heteroatoms. The molecule has 2 nitrogen and oxygen atoms in total. The molecule has 0 bridgehead atoms. The molecule has 2 aromatic rings. The number of aromatic amines is 1. The zero-order chi connectivity index (χ0) is 11.7. The predicted octanol–water partition coefficient (Wildman–Crippen LogP) is 3.97. The fraction of sp³-hybridized carbons (Fsp3) is 0.308. The number of rotatable bonds is 2. The summed E-state index contributed by atoms with van der Waals surface area (Å²) in [5.74, 6) is 0.536. The van der Waals surface area contributed by atoms with Gasteiger partial charge in [-0.25, -0.2) is 0 Å². The molecule has 1 aromatic heterocycles. The normalized spacial score (nSPS) is 11.0. The van der Waals surface area contributed by atoms with Crippen molar-refractivity contribution in [2.24, 2.45) is 0 Å². The van der Waals surface area contributed by atoms with E-state index in [4.69, 9.17) is 12.2 Å². The molecule has 0 radical (unpaired) electrons. The molecule has 84 valence electrons. The van der Waals surface area contributed by atoms with Gasteiger partial charge in [-0.2, -0.15) is 0 Å². The average Bonchev–Trinajstić information content (AvgIpc) is 2.58. The molecule has 16 heavy (non-hydrogen) atoms. The second kappa shape index (κ2) is 4.26. The summed E-state index contributed by atoms with van der Waals surface area (Å²) in [4.78, 5) is 3.13. The van der Waals surface area contributed by atoms with Crippen LogP contribution in [0.15, 0.2) is 30.5 Å². The third-order valence-electron chi connectivity index (χ3n) is 2.66. The van der Waals surface area contributed by atoms with Crippen LogP contribution >= 0.6 is 12.2 Å². The van der Waals surface area contributed by atoms with Gasteiger partial charge in [0, 0.05) is 17.6 Å². The van der Waals surface area contributed by atoms with Gasteiger partial charge in [-0.05, 0) is 42.8 Å². The van der Waals surface area contributed by atoms with Crippen molar-refractivity contribution in [3.8, 4) is 5.69 Å². The molecule has 0 saturated heterocycles. The summed E-state index contributed by atoms with van der Waals surface area (Å²) in [5.41, 5.74) is 3.54. The molecule has 1 N–H and O–H groups in total. The number of aryl methyl sites for hydroxylation is 1. The Hall–Kier alpha value is -1.35. The largest absolute Gasteiger partial charge is 0.335 e. The molecule has 0 aliphatic heterocycles. The number of nitrogens with zero attached hydrogens (tertiary/aromatic N) is 1. The van der Waals surface area contributed by atoms with Gasteiger partial charge in [0.15, 0.2) is 4.77 Å². The monoisotopic (exact) mass is 232 g/mol. The Balaban J connectivity index is 2.52. The Bertz CT molecular complexity index is 549. The quantitative estimate of drug-likeness (QED) is 0.777. The minimum Gasteiger partial charge on any atom is -0.335 e. The maximum absolute atomic E-state index is 5.27. The van der Waals surface area contributed by atoms with Gasteiger partial charge in [0.1, 0.15) is 0 Å². The molecule has 0 aliphatic carbocycles. The van der Waals surface area contributed by atoms with Crippen LogP contribution in [0.2, 0.25) is 0 Å². The van der Waals surface area contributed by atoms with E-state index in [0.29, 0.717) is 5.92 Å². The second-order valence-electron chi connectivity index (χ2n) is 4.36. The Morgan fingerprint density at radius 1 is 1.31 bits per heavy atom. The first-order valence-corrected chi connectivity index (χ1v) is 5.87. The third kappa shape index (κ3) is 2.09. The molecular formula is C13H16N2S. The van der Waals surface area contributed by atoms with E-state index in [2.05, 4.69) is 43.1 Å². The van der Waals surface area contributed by atoms with Gasteiger partial charge in [0.25, 0.3) is 0 Å².